The van der Waals surface area contributed by atoms with Gasteiger partial charge in [0.15, 0.2) is 0 Å². The highest BCUT2D eigenvalue weighted by Crippen LogP contribution is 2.26. The molecule has 0 aliphatic carbocycles. The summed E-state index contributed by atoms with van der Waals surface area (Å²) in [5.41, 5.74) is 0.545. The van der Waals surface area contributed by atoms with Gasteiger partial charge in [-0.3, -0.25) is 9.48 Å². The molecule has 1 aliphatic rings. The van der Waals surface area contributed by atoms with Crippen LogP contribution in [0.3, 0.4) is 0 Å². The Morgan fingerprint density at radius 3 is 2.68 bits per heavy atom. The third kappa shape index (κ3) is 4.81. The monoisotopic (exact) mass is 364 g/mol. The van der Waals surface area contributed by atoms with Crippen molar-refractivity contribution in [1.29, 1.82) is 0 Å². The van der Waals surface area contributed by atoms with Crippen molar-refractivity contribution in [2.75, 3.05) is 26.2 Å². The number of hydrogen-bond acceptors (Lipinski definition) is 4. The van der Waals surface area contributed by atoms with E-state index in [9.17, 15) is 4.79 Å². The van der Waals surface area contributed by atoms with Crippen molar-refractivity contribution in [2.45, 2.75) is 25.0 Å². The molecule has 1 aromatic heterocycles. The van der Waals surface area contributed by atoms with Crippen LogP contribution in [-0.2, 0) is 21.7 Å². The Morgan fingerprint density at radius 1 is 1.24 bits per heavy atom. The summed E-state index contributed by atoms with van der Waals surface area (Å²) in [7, 11) is 0. The maximum absolute atomic E-state index is 12.8. The number of nitrogens with zero attached hydrogens (tertiary/aromatic N) is 2. The number of nitrogens with one attached hydrogen (secondary N) is 2. The number of amides is 1. The molecule has 2 heterocycles. The van der Waals surface area contributed by atoms with E-state index in [0.29, 0.717) is 19.8 Å². The van der Waals surface area contributed by atoms with Crippen LogP contribution in [0.4, 0.5) is 0 Å². The number of aromatic nitrogens is 2. The van der Waals surface area contributed by atoms with E-state index in [-0.39, 0.29) is 18.3 Å². The predicted octanol–water partition coefficient (Wildman–Crippen LogP) is 1.72. The average Bonchev–Trinajstić information content (AvgIpc) is 3.18. The van der Waals surface area contributed by atoms with E-state index in [1.807, 2.05) is 42.6 Å². The second-order valence-electron chi connectivity index (χ2n) is 6.03. The van der Waals surface area contributed by atoms with E-state index in [1.54, 1.807) is 10.9 Å². The van der Waals surface area contributed by atoms with Crippen LogP contribution >= 0.6 is 12.4 Å². The van der Waals surface area contributed by atoms with Crippen molar-refractivity contribution >= 4 is 18.3 Å². The largest absolute Gasteiger partial charge is 0.375 e. The Bertz CT molecular complexity index is 628. The molecule has 1 aromatic carbocycles. The number of carbonyl (C=O) groups excluding carboxylic acids is 1. The summed E-state index contributed by atoms with van der Waals surface area (Å²) < 4.78 is 7.43. The highest BCUT2D eigenvalue weighted by Gasteiger charge is 2.41. The third-order valence-electron chi connectivity index (χ3n) is 4.44. The van der Waals surface area contributed by atoms with Gasteiger partial charge in [0.2, 0.25) is 5.91 Å². The van der Waals surface area contributed by atoms with Crippen LogP contribution in [0.25, 0.3) is 0 Å². The minimum atomic E-state index is -0.589. The van der Waals surface area contributed by atoms with Crippen LogP contribution in [0, 0.1) is 0 Å². The van der Waals surface area contributed by atoms with E-state index in [0.717, 1.165) is 31.5 Å². The molecule has 3 rings (SSSR count). The van der Waals surface area contributed by atoms with Crippen molar-refractivity contribution in [2.24, 2.45) is 0 Å². The summed E-state index contributed by atoms with van der Waals surface area (Å²) >= 11 is 0. The number of rotatable bonds is 7. The molecule has 1 fully saturated rings. The molecule has 1 amide bonds. The van der Waals surface area contributed by atoms with E-state index in [1.165, 1.54) is 0 Å². The maximum atomic E-state index is 12.8. The van der Waals surface area contributed by atoms with E-state index in [2.05, 4.69) is 15.7 Å². The summed E-state index contributed by atoms with van der Waals surface area (Å²) in [5, 5.41) is 10.6. The van der Waals surface area contributed by atoms with Crippen LogP contribution in [0.1, 0.15) is 18.4 Å². The van der Waals surface area contributed by atoms with Gasteiger partial charge in [0.1, 0.15) is 5.54 Å². The molecule has 0 saturated carbocycles. The number of carbonyl (C=O) groups is 1. The molecular weight excluding hydrogens is 340 g/mol. The standard InChI is InChI=1S/C18H24N4O2.ClH/c23-17(20-12-14-24-15-16-5-2-1-3-6-16)18(7-10-19-11-8-18)22-13-4-9-21-22;/h1-6,9,13,19H,7-8,10-12,14-15H2,(H,20,23);1H. The quantitative estimate of drug-likeness (QED) is 0.734. The summed E-state index contributed by atoms with van der Waals surface area (Å²) in [6, 6.07) is 11.9. The van der Waals surface area contributed by atoms with Crippen LogP contribution in [0.2, 0.25) is 0 Å². The number of ether oxygens (including phenoxy) is 1. The summed E-state index contributed by atoms with van der Waals surface area (Å²) in [6.45, 7) is 3.19. The minimum absolute atomic E-state index is 0. The molecule has 7 heteroatoms. The average molecular weight is 365 g/mol. The van der Waals surface area contributed by atoms with Gasteiger partial charge in [-0.05, 0) is 37.6 Å². The number of hydrogen-bond donors (Lipinski definition) is 2. The SMILES string of the molecule is Cl.O=C(NCCOCc1ccccc1)C1(n2cccn2)CCNCC1. The zero-order valence-corrected chi connectivity index (χ0v) is 15.0. The van der Waals surface area contributed by atoms with Crippen molar-refractivity contribution in [3.05, 3.63) is 54.4 Å². The van der Waals surface area contributed by atoms with Gasteiger partial charge in [-0.25, -0.2) is 0 Å². The summed E-state index contributed by atoms with van der Waals surface area (Å²) in [6.07, 6.45) is 5.08. The fourth-order valence-corrected chi connectivity index (χ4v) is 3.09. The molecule has 6 nitrogen and oxygen atoms in total. The molecule has 0 bridgehead atoms. The van der Waals surface area contributed by atoms with Crippen LogP contribution in [0.15, 0.2) is 48.8 Å². The Hall–Kier alpha value is -1.89. The zero-order valence-electron chi connectivity index (χ0n) is 14.2. The third-order valence-corrected chi connectivity index (χ3v) is 4.44. The van der Waals surface area contributed by atoms with Crippen LogP contribution in [-0.4, -0.2) is 41.9 Å². The lowest BCUT2D eigenvalue weighted by atomic mass is 9.87. The van der Waals surface area contributed by atoms with Crippen molar-refractivity contribution in [3.63, 3.8) is 0 Å². The Kier molecular flexibility index (Phi) is 7.43. The van der Waals surface area contributed by atoms with E-state index < -0.39 is 5.54 Å². The Labute approximate surface area is 154 Å². The molecule has 0 unspecified atom stereocenters. The van der Waals surface area contributed by atoms with Crippen LogP contribution < -0.4 is 10.6 Å². The van der Waals surface area contributed by atoms with Gasteiger partial charge < -0.3 is 15.4 Å². The first-order chi connectivity index (χ1) is 11.8. The van der Waals surface area contributed by atoms with Gasteiger partial charge in [-0.1, -0.05) is 30.3 Å². The number of piperidine rings is 1. The lowest BCUT2D eigenvalue weighted by Gasteiger charge is -2.36. The van der Waals surface area contributed by atoms with Gasteiger partial charge in [-0.2, -0.15) is 5.10 Å². The fraction of sp³-hybridized carbons (Fsp3) is 0.444. The van der Waals surface area contributed by atoms with E-state index >= 15 is 0 Å². The molecule has 136 valence electrons. The molecule has 0 atom stereocenters. The summed E-state index contributed by atoms with van der Waals surface area (Å²) in [4.78, 5) is 12.8. The Morgan fingerprint density at radius 2 is 2.00 bits per heavy atom. The number of benzene rings is 1. The molecule has 1 aliphatic heterocycles. The van der Waals surface area contributed by atoms with Crippen molar-refractivity contribution in [3.8, 4) is 0 Å². The molecule has 2 aromatic rings. The van der Waals surface area contributed by atoms with Crippen LogP contribution in [0.5, 0.6) is 0 Å². The van der Waals surface area contributed by atoms with Gasteiger partial charge >= 0.3 is 0 Å². The smallest absolute Gasteiger partial charge is 0.248 e. The molecule has 0 radical (unpaired) electrons. The highest BCUT2D eigenvalue weighted by molar-refractivity contribution is 5.85. The van der Waals surface area contributed by atoms with Crippen molar-refractivity contribution in [1.82, 2.24) is 20.4 Å². The van der Waals surface area contributed by atoms with Gasteiger partial charge in [-0.15, -0.1) is 12.4 Å². The summed E-state index contributed by atoms with van der Waals surface area (Å²) in [5.74, 6) is 0.0241. The van der Waals surface area contributed by atoms with Crippen molar-refractivity contribution < 1.29 is 9.53 Å². The lowest BCUT2D eigenvalue weighted by molar-refractivity contribution is -0.132. The van der Waals surface area contributed by atoms with E-state index in [4.69, 9.17) is 4.74 Å². The normalized spacial score (nSPS) is 16.0. The first kappa shape index (κ1) is 19.4. The second-order valence-corrected chi connectivity index (χ2v) is 6.03. The molecule has 1 saturated heterocycles. The highest BCUT2D eigenvalue weighted by atomic mass is 35.5. The molecule has 2 N–H and O–H groups in total. The first-order valence-electron chi connectivity index (χ1n) is 8.42. The van der Waals surface area contributed by atoms with Gasteiger partial charge in [0, 0.05) is 18.9 Å². The second kappa shape index (κ2) is 9.56. The minimum Gasteiger partial charge on any atom is -0.375 e. The first-order valence-corrected chi connectivity index (χ1v) is 8.42. The molecule has 25 heavy (non-hydrogen) atoms. The van der Waals surface area contributed by atoms with Gasteiger partial charge in [0.05, 0.1) is 13.2 Å². The molecule has 0 spiro atoms. The Balaban J connectivity index is 0.00000225. The van der Waals surface area contributed by atoms with Gasteiger partial charge in [0.25, 0.3) is 0 Å². The fourth-order valence-electron chi connectivity index (χ4n) is 3.09. The maximum Gasteiger partial charge on any atom is 0.248 e. The number of halogens is 1. The topological polar surface area (TPSA) is 68.2 Å². The zero-order chi connectivity index (χ0) is 16.7. The molecular formula is C18H25ClN4O2. The predicted molar refractivity (Wildman–Crippen MR) is 98.7 cm³/mol. The lowest BCUT2D eigenvalue weighted by Crippen LogP contribution is -2.55.